The van der Waals surface area contributed by atoms with Crippen molar-refractivity contribution in [1.29, 1.82) is 0 Å². The minimum absolute atomic E-state index is 0.0793. The molecular weight excluding hydrogens is 392 g/mol. The Bertz CT molecular complexity index is 968. The lowest BCUT2D eigenvalue weighted by Crippen LogP contribution is -2.46. The molecule has 0 unspecified atom stereocenters. The van der Waals surface area contributed by atoms with Crippen LogP contribution in [0.25, 0.3) is 0 Å². The number of nitro groups is 1. The zero-order chi connectivity index (χ0) is 21.6. The lowest BCUT2D eigenvalue weighted by Gasteiger charge is -2.34. The monoisotopic (exact) mass is 418 g/mol. The van der Waals surface area contributed by atoms with Crippen molar-refractivity contribution in [2.24, 2.45) is 0 Å². The third kappa shape index (κ3) is 4.64. The van der Waals surface area contributed by atoms with Gasteiger partial charge in [-0.3, -0.25) is 10.1 Å². The Morgan fingerprint density at radius 1 is 0.968 bits per heavy atom. The predicted octanol–water partition coefficient (Wildman–Crippen LogP) is 3.73. The van der Waals surface area contributed by atoms with Crippen molar-refractivity contribution in [1.82, 2.24) is 14.9 Å². The average molecular weight is 419 g/mol. The van der Waals surface area contributed by atoms with Crippen molar-refractivity contribution in [2.45, 2.75) is 13.0 Å². The standard InChI is InChI=1S/C23H26N6O2/c1-2-27-13-15-28(16-14-27)23-21(29(30)31)22(24-17-25-23)26-20(18-9-5-3-6-10-18)19-11-7-4-8-12-19/h3-12,17,20H,2,13-16H2,1H3,(H,24,25,26). The highest BCUT2D eigenvalue weighted by Gasteiger charge is 2.30. The molecule has 3 aromatic rings. The molecule has 4 rings (SSSR count). The summed E-state index contributed by atoms with van der Waals surface area (Å²) < 4.78 is 0. The summed E-state index contributed by atoms with van der Waals surface area (Å²) in [5.74, 6) is 0.601. The molecule has 0 bridgehead atoms. The molecule has 0 amide bonds. The quantitative estimate of drug-likeness (QED) is 0.462. The van der Waals surface area contributed by atoms with Gasteiger partial charge in [-0.25, -0.2) is 9.97 Å². The maximum atomic E-state index is 12.1. The molecule has 2 heterocycles. The second-order valence-corrected chi connectivity index (χ2v) is 7.47. The van der Waals surface area contributed by atoms with Gasteiger partial charge in [0.1, 0.15) is 6.33 Å². The Morgan fingerprint density at radius 3 is 2.06 bits per heavy atom. The van der Waals surface area contributed by atoms with Gasteiger partial charge in [0.25, 0.3) is 0 Å². The number of hydrogen-bond donors (Lipinski definition) is 1. The normalized spacial score (nSPS) is 14.6. The molecule has 2 aromatic carbocycles. The number of nitrogens with zero attached hydrogens (tertiary/aromatic N) is 5. The van der Waals surface area contributed by atoms with Gasteiger partial charge in [0.15, 0.2) is 0 Å². The van der Waals surface area contributed by atoms with Crippen molar-refractivity contribution in [3.8, 4) is 0 Å². The van der Waals surface area contributed by atoms with Gasteiger partial charge in [-0.2, -0.15) is 0 Å². The van der Waals surface area contributed by atoms with Crippen molar-refractivity contribution in [3.05, 3.63) is 88.2 Å². The lowest BCUT2D eigenvalue weighted by atomic mass is 9.98. The van der Waals surface area contributed by atoms with E-state index in [9.17, 15) is 10.1 Å². The fourth-order valence-corrected chi connectivity index (χ4v) is 3.94. The zero-order valence-corrected chi connectivity index (χ0v) is 17.5. The van der Waals surface area contributed by atoms with Gasteiger partial charge in [0.05, 0.1) is 11.0 Å². The van der Waals surface area contributed by atoms with Crippen LogP contribution >= 0.6 is 0 Å². The molecular formula is C23H26N6O2. The molecule has 8 heteroatoms. The van der Waals surface area contributed by atoms with Crippen molar-refractivity contribution in [3.63, 3.8) is 0 Å². The third-order valence-electron chi connectivity index (χ3n) is 5.65. The Balaban J connectivity index is 1.70. The molecule has 0 spiro atoms. The molecule has 0 atom stereocenters. The van der Waals surface area contributed by atoms with Crippen LogP contribution in [0, 0.1) is 10.1 Å². The van der Waals surface area contributed by atoms with Crippen molar-refractivity contribution >= 4 is 17.3 Å². The van der Waals surface area contributed by atoms with Crippen LogP contribution in [0.15, 0.2) is 67.0 Å². The SMILES string of the molecule is CCN1CCN(c2ncnc(NC(c3ccccc3)c3ccccc3)c2[N+](=O)[O-])CC1. The number of nitrogens with one attached hydrogen (secondary N) is 1. The number of piperazine rings is 1. The molecule has 1 saturated heterocycles. The molecule has 8 nitrogen and oxygen atoms in total. The summed E-state index contributed by atoms with van der Waals surface area (Å²) in [5.41, 5.74) is 1.92. The lowest BCUT2D eigenvalue weighted by molar-refractivity contribution is -0.383. The number of aromatic nitrogens is 2. The highest BCUT2D eigenvalue weighted by molar-refractivity contribution is 5.71. The first kappa shape index (κ1) is 20.7. The van der Waals surface area contributed by atoms with Crippen LogP contribution in [0.4, 0.5) is 17.3 Å². The van der Waals surface area contributed by atoms with Crippen LogP contribution in [-0.4, -0.2) is 52.5 Å². The number of hydrogen-bond acceptors (Lipinski definition) is 7. The number of anilines is 2. The largest absolute Gasteiger partial charge is 0.353 e. The first-order chi connectivity index (χ1) is 15.2. The topological polar surface area (TPSA) is 87.4 Å². The number of benzene rings is 2. The van der Waals surface area contributed by atoms with Crippen LogP contribution in [0.5, 0.6) is 0 Å². The van der Waals surface area contributed by atoms with Gasteiger partial charge < -0.3 is 15.1 Å². The smallest absolute Gasteiger partial charge is 0.353 e. The van der Waals surface area contributed by atoms with E-state index in [1.807, 2.05) is 65.6 Å². The minimum Gasteiger partial charge on any atom is -0.353 e. The molecule has 1 fully saturated rings. The highest BCUT2D eigenvalue weighted by Crippen LogP contribution is 2.35. The number of rotatable bonds is 7. The number of likely N-dealkylation sites (N-methyl/N-ethyl adjacent to an activating group) is 1. The Hall–Kier alpha value is -3.52. The second kappa shape index (κ2) is 9.53. The van der Waals surface area contributed by atoms with Gasteiger partial charge >= 0.3 is 5.69 Å². The molecule has 160 valence electrons. The van der Waals surface area contributed by atoms with Crippen LogP contribution in [0.2, 0.25) is 0 Å². The van der Waals surface area contributed by atoms with Crippen LogP contribution in [0.3, 0.4) is 0 Å². The van der Waals surface area contributed by atoms with Gasteiger partial charge in [-0.15, -0.1) is 0 Å². The van der Waals surface area contributed by atoms with E-state index in [1.165, 1.54) is 6.33 Å². The maximum absolute atomic E-state index is 12.1. The molecule has 1 aromatic heterocycles. The van der Waals surface area contributed by atoms with Gasteiger partial charge in [0, 0.05) is 26.2 Å². The molecule has 0 aliphatic carbocycles. The fraction of sp³-hybridized carbons (Fsp3) is 0.304. The summed E-state index contributed by atoms with van der Waals surface area (Å²) in [7, 11) is 0. The molecule has 0 radical (unpaired) electrons. The Kier molecular flexibility index (Phi) is 6.37. The second-order valence-electron chi connectivity index (χ2n) is 7.47. The summed E-state index contributed by atoms with van der Waals surface area (Å²) in [5, 5.41) is 15.4. The van der Waals surface area contributed by atoms with E-state index in [0.717, 1.165) is 30.8 Å². The summed E-state index contributed by atoms with van der Waals surface area (Å²) in [6.45, 7) is 6.21. The first-order valence-corrected chi connectivity index (χ1v) is 10.5. The summed E-state index contributed by atoms with van der Waals surface area (Å²) in [6, 6.07) is 19.5. The van der Waals surface area contributed by atoms with E-state index in [4.69, 9.17) is 0 Å². The predicted molar refractivity (Wildman–Crippen MR) is 121 cm³/mol. The fourth-order valence-electron chi connectivity index (χ4n) is 3.94. The Morgan fingerprint density at radius 2 is 1.55 bits per heavy atom. The summed E-state index contributed by atoms with van der Waals surface area (Å²) in [4.78, 5) is 24.6. The van der Waals surface area contributed by atoms with E-state index >= 15 is 0 Å². The van der Waals surface area contributed by atoms with Gasteiger partial charge in [-0.05, 0) is 17.7 Å². The summed E-state index contributed by atoms with van der Waals surface area (Å²) in [6.07, 6.45) is 1.41. The van der Waals surface area contributed by atoms with Crippen LogP contribution in [-0.2, 0) is 0 Å². The van der Waals surface area contributed by atoms with Crippen LogP contribution in [0.1, 0.15) is 24.1 Å². The molecule has 1 aliphatic rings. The van der Waals surface area contributed by atoms with E-state index in [1.54, 1.807) is 0 Å². The highest BCUT2D eigenvalue weighted by atomic mass is 16.6. The van der Waals surface area contributed by atoms with Crippen LogP contribution < -0.4 is 10.2 Å². The van der Waals surface area contributed by atoms with E-state index < -0.39 is 0 Å². The Labute approximate surface area is 181 Å². The molecule has 0 saturated carbocycles. The van der Waals surface area contributed by atoms with Crippen molar-refractivity contribution in [2.75, 3.05) is 42.9 Å². The third-order valence-corrected chi connectivity index (χ3v) is 5.65. The summed E-state index contributed by atoms with van der Waals surface area (Å²) >= 11 is 0. The van der Waals surface area contributed by atoms with E-state index in [2.05, 4.69) is 27.1 Å². The molecule has 1 aliphatic heterocycles. The maximum Gasteiger partial charge on any atom is 0.353 e. The van der Waals surface area contributed by atoms with Crippen molar-refractivity contribution < 1.29 is 4.92 Å². The van der Waals surface area contributed by atoms with Gasteiger partial charge in [0.2, 0.25) is 11.6 Å². The van der Waals surface area contributed by atoms with Gasteiger partial charge in [-0.1, -0.05) is 67.6 Å². The molecule has 31 heavy (non-hydrogen) atoms. The van der Waals surface area contributed by atoms with E-state index in [-0.39, 0.29) is 22.5 Å². The first-order valence-electron chi connectivity index (χ1n) is 10.5. The average Bonchev–Trinajstić information content (AvgIpc) is 2.83. The van der Waals surface area contributed by atoms with E-state index in [0.29, 0.717) is 18.9 Å². The minimum atomic E-state index is -0.378. The zero-order valence-electron chi connectivity index (χ0n) is 17.5. The molecule has 1 N–H and O–H groups in total.